The van der Waals surface area contributed by atoms with Crippen LogP contribution in [0.5, 0.6) is 11.5 Å². The van der Waals surface area contributed by atoms with Crippen molar-refractivity contribution in [2.45, 2.75) is 26.4 Å². The van der Waals surface area contributed by atoms with Crippen molar-refractivity contribution >= 4 is 40.1 Å². The molecular weight excluding hydrogens is 473 g/mol. The molecule has 1 atom stereocenters. The minimum Gasteiger partial charge on any atom is -0.492 e. The highest BCUT2D eigenvalue weighted by Crippen LogP contribution is 2.23. The van der Waals surface area contributed by atoms with Crippen LogP contribution in [0, 0.1) is 6.92 Å². The first-order chi connectivity index (χ1) is 16.4. The molecule has 0 aliphatic heterocycles. The number of nitrogens with zero attached hydrogens (tertiary/aromatic N) is 2. The zero-order valence-electron chi connectivity index (χ0n) is 18.9. The molecule has 34 heavy (non-hydrogen) atoms. The molecule has 1 heterocycles. The number of imidazole rings is 1. The van der Waals surface area contributed by atoms with Gasteiger partial charge in [0.15, 0.2) is 6.61 Å². The Morgan fingerprint density at radius 3 is 2.53 bits per heavy atom. The lowest BCUT2D eigenvalue weighted by atomic mass is 10.2. The number of para-hydroxylation sites is 2. The zero-order chi connectivity index (χ0) is 24.1. The predicted molar refractivity (Wildman–Crippen MR) is 135 cm³/mol. The predicted octanol–water partition coefficient (Wildman–Crippen LogP) is 5.99. The second-order valence-corrected chi connectivity index (χ2v) is 8.75. The lowest BCUT2D eigenvalue weighted by Gasteiger charge is -2.17. The van der Waals surface area contributed by atoms with Gasteiger partial charge < -0.3 is 19.4 Å². The number of fused-ring (bicyclic) bond motifs is 1. The number of benzene rings is 3. The van der Waals surface area contributed by atoms with Crippen LogP contribution < -0.4 is 14.8 Å². The number of hydrogen-bond acceptors (Lipinski definition) is 4. The van der Waals surface area contributed by atoms with E-state index in [-0.39, 0.29) is 18.6 Å². The van der Waals surface area contributed by atoms with E-state index in [4.69, 9.17) is 37.7 Å². The van der Waals surface area contributed by atoms with Gasteiger partial charge in [0.2, 0.25) is 0 Å². The summed E-state index contributed by atoms with van der Waals surface area (Å²) in [5.41, 5.74) is 2.80. The molecule has 0 aliphatic rings. The van der Waals surface area contributed by atoms with Crippen molar-refractivity contribution in [3.63, 3.8) is 0 Å². The van der Waals surface area contributed by atoms with Crippen LogP contribution >= 0.6 is 23.2 Å². The van der Waals surface area contributed by atoms with Crippen molar-refractivity contribution in [2.24, 2.45) is 0 Å². The van der Waals surface area contributed by atoms with E-state index < -0.39 is 0 Å². The van der Waals surface area contributed by atoms with E-state index >= 15 is 0 Å². The van der Waals surface area contributed by atoms with Crippen molar-refractivity contribution in [2.75, 3.05) is 13.2 Å². The Labute approximate surface area is 208 Å². The molecule has 176 valence electrons. The second kappa shape index (κ2) is 10.8. The summed E-state index contributed by atoms with van der Waals surface area (Å²) in [6.07, 6.45) is 0. The molecule has 6 nitrogen and oxygen atoms in total. The number of aromatic nitrogens is 2. The number of amides is 1. The third-order valence-corrected chi connectivity index (χ3v) is 6.02. The van der Waals surface area contributed by atoms with Crippen molar-refractivity contribution in [3.05, 3.63) is 88.2 Å². The van der Waals surface area contributed by atoms with Gasteiger partial charge in [-0.25, -0.2) is 4.98 Å². The zero-order valence-corrected chi connectivity index (χ0v) is 20.4. The summed E-state index contributed by atoms with van der Waals surface area (Å²) in [6.45, 7) is 4.75. The van der Waals surface area contributed by atoms with Crippen LogP contribution in [0.4, 0.5) is 0 Å². The lowest BCUT2D eigenvalue weighted by Crippen LogP contribution is -2.33. The molecule has 1 N–H and O–H groups in total. The summed E-state index contributed by atoms with van der Waals surface area (Å²) in [4.78, 5) is 17.3. The first-order valence-electron chi connectivity index (χ1n) is 10.9. The molecule has 4 aromatic rings. The number of carbonyl (C=O) groups is 1. The normalized spacial score (nSPS) is 11.9. The first kappa shape index (κ1) is 23.9. The van der Waals surface area contributed by atoms with Crippen molar-refractivity contribution in [3.8, 4) is 11.5 Å². The fraction of sp³-hybridized carbons (Fsp3) is 0.231. The number of halogens is 2. The van der Waals surface area contributed by atoms with Gasteiger partial charge in [-0.3, -0.25) is 4.79 Å². The third-order valence-electron chi connectivity index (χ3n) is 5.35. The lowest BCUT2D eigenvalue weighted by molar-refractivity contribution is -0.123. The fourth-order valence-corrected chi connectivity index (χ4v) is 3.89. The molecule has 8 heteroatoms. The number of aryl methyl sites for hydroxylation is 1. The summed E-state index contributed by atoms with van der Waals surface area (Å²) in [5.74, 6) is 1.84. The van der Waals surface area contributed by atoms with Gasteiger partial charge in [0.1, 0.15) is 23.9 Å². The van der Waals surface area contributed by atoms with Crippen molar-refractivity contribution in [1.29, 1.82) is 0 Å². The molecule has 0 radical (unpaired) electrons. The molecule has 1 unspecified atom stereocenters. The Kier molecular flexibility index (Phi) is 7.60. The largest absolute Gasteiger partial charge is 0.492 e. The molecule has 0 fully saturated rings. The van der Waals surface area contributed by atoms with Crippen molar-refractivity contribution in [1.82, 2.24) is 14.9 Å². The van der Waals surface area contributed by atoms with E-state index in [0.29, 0.717) is 28.9 Å². The number of rotatable bonds is 9. The van der Waals surface area contributed by atoms with Gasteiger partial charge in [0.05, 0.1) is 23.6 Å². The minimum atomic E-state index is -0.327. The Morgan fingerprint density at radius 2 is 1.76 bits per heavy atom. The summed E-state index contributed by atoms with van der Waals surface area (Å²) in [6, 6.07) is 20.0. The Morgan fingerprint density at radius 1 is 1.03 bits per heavy atom. The van der Waals surface area contributed by atoms with Crippen LogP contribution in [0.15, 0.2) is 66.7 Å². The van der Waals surface area contributed by atoms with Gasteiger partial charge in [-0.05, 0) is 74.0 Å². The monoisotopic (exact) mass is 497 g/mol. The SMILES string of the molecule is Cc1cc(OCCn2c(C(C)NC(=O)COc3ccc(Cl)cc3)nc3ccccc32)ccc1Cl. The van der Waals surface area contributed by atoms with Crippen LogP contribution in [-0.4, -0.2) is 28.7 Å². The Hall–Kier alpha value is -3.22. The highest BCUT2D eigenvalue weighted by molar-refractivity contribution is 6.31. The number of nitrogens with one attached hydrogen (secondary N) is 1. The molecule has 1 amide bonds. The smallest absolute Gasteiger partial charge is 0.258 e. The van der Waals surface area contributed by atoms with E-state index in [1.54, 1.807) is 24.3 Å². The maximum absolute atomic E-state index is 12.5. The summed E-state index contributed by atoms with van der Waals surface area (Å²) >= 11 is 12.0. The van der Waals surface area contributed by atoms with E-state index in [0.717, 1.165) is 28.2 Å². The Balaban J connectivity index is 1.43. The van der Waals surface area contributed by atoms with Gasteiger partial charge in [-0.1, -0.05) is 35.3 Å². The average molecular weight is 498 g/mol. The quantitative estimate of drug-likeness (QED) is 0.308. The highest BCUT2D eigenvalue weighted by Gasteiger charge is 2.19. The van der Waals surface area contributed by atoms with Crippen LogP contribution in [0.3, 0.4) is 0 Å². The summed E-state index contributed by atoms with van der Waals surface area (Å²) in [7, 11) is 0. The number of hydrogen-bond donors (Lipinski definition) is 1. The van der Waals surface area contributed by atoms with E-state index in [1.165, 1.54) is 0 Å². The van der Waals surface area contributed by atoms with Crippen LogP contribution in [0.25, 0.3) is 11.0 Å². The van der Waals surface area contributed by atoms with E-state index in [1.807, 2.05) is 56.3 Å². The highest BCUT2D eigenvalue weighted by atomic mass is 35.5. The molecule has 1 aromatic heterocycles. The summed E-state index contributed by atoms with van der Waals surface area (Å²) < 4.78 is 13.6. The average Bonchev–Trinajstić information content (AvgIpc) is 3.20. The van der Waals surface area contributed by atoms with Crippen molar-refractivity contribution < 1.29 is 14.3 Å². The third kappa shape index (κ3) is 5.82. The molecule has 4 rings (SSSR count). The van der Waals surface area contributed by atoms with Gasteiger partial charge in [0, 0.05) is 10.0 Å². The van der Waals surface area contributed by atoms with Gasteiger partial charge in [0.25, 0.3) is 5.91 Å². The summed E-state index contributed by atoms with van der Waals surface area (Å²) in [5, 5.41) is 4.29. The van der Waals surface area contributed by atoms with E-state index in [9.17, 15) is 4.79 Å². The maximum Gasteiger partial charge on any atom is 0.258 e. The van der Waals surface area contributed by atoms with Gasteiger partial charge >= 0.3 is 0 Å². The maximum atomic E-state index is 12.5. The molecule has 0 bridgehead atoms. The number of carbonyl (C=O) groups excluding carboxylic acids is 1. The minimum absolute atomic E-state index is 0.106. The second-order valence-electron chi connectivity index (χ2n) is 7.90. The molecule has 0 saturated carbocycles. The fourth-order valence-electron chi connectivity index (χ4n) is 3.65. The molecule has 0 saturated heterocycles. The topological polar surface area (TPSA) is 65.4 Å². The van der Waals surface area contributed by atoms with Crippen LogP contribution in [0.1, 0.15) is 24.4 Å². The van der Waals surface area contributed by atoms with E-state index in [2.05, 4.69) is 9.88 Å². The molecule has 3 aromatic carbocycles. The first-order valence-corrected chi connectivity index (χ1v) is 11.7. The van der Waals surface area contributed by atoms with Crippen LogP contribution in [-0.2, 0) is 11.3 Å². The molecule has 0 aliphatic carbocycles. The molecular formula is C26H25Cl2N3O3. The standard InChI is InChI=1S/C26H25Cl2N3O3/c1-17-15-21(11-12-22(17)28)33-14-13-31-24-6-4-3-5-23(24)30-26(31)18(2)29-25(32)16-34-20-9-7-19(27)8-10-20/h3-12,15,18H,13-14,16H2,1-2H3,(H,29,32). The van der Waals surface area contributed by atoms with Gasteiger partial charge in [-0.15, -0.1) is 0 Å². The molecule has 0 spiro atoms. The van der Waals surface area contributed by atoms with Gasteiger partial charge in [-0.2, -0.15) is 0 Å². The number of ether oxygens (including phenoxy) is 2. The van der Waals surface area contributed by atoms with Crippen LogP contribution in [0.2, 0.25) is 10.0 Å². The Bertz CT molecular complexity index is 1290.